The van der Waals surface area contributed by atoms with E-state index in [2.05, 4.69) is 11.7 Å². The highest BCUT2D eigenvalue weighted by Crippen LogP contribution is 2.43. The topological polar surface area (TPSA) is 55.4 Å². The van der Waals surface area contributed by atoms with Gasteiger partial charge in [0.05, 0.1) is 6.04 Å². The summed E-state index contributed by atoms with van der Waals surface area (Å²) in [6.07, 6.45) is 0. The van der Waals surface area contributed by atoms with Crippen LogP contribution >= 0.6 is 7.29 Å². The standard InChI is InChI=1S/C29H26NO3P/c1-22(23(2)31)29(24-13-12-16-26(21-24)33-25-14-6-3-7-15-25)30-34(32,27-17-8-4-9-18-27)28-19-10-5-11-20-28/h3-21,29H,1H2,2H3,(H,30,32). The SMILES string of the molecule is C=C(C(C)=O)C(NP(=O)(c1ccccc1)c1ccccc1)c1cccc(Oc2ccccc2)c1. The second-order valence-corrected chi connectivity index (χ2v) is 10.4. The van der Waals surface area contributed by atoms with Crippen LogP contribution in [0.4, 0.5) is 0 Å². The minimum absolute atomic E-state index is 0.181. The van der Waals surface area contributed by atoms with Gasteiger partial charge in [-0.15, -0.1) is 0 Å². The van der Waals surface area contributed by atoms with Crippen LogP contribution in [0, 0.1) is 0 Å². The van der Waals surface area contributed by atoms with Gasteiger partial charge in [-0.05, 0) is 61.0 Å². The fourth-order valence-corrected chi connectivity index (χ4v) is 6.14. The first kappa shape index (κ1) is 23.4. The summed E-state index contributed by atoms with van der Waals surface area (Å²) in [4.78, 5) is 12.4. The van der Waals surface area contributed by atoms with Gasteiger partial charge in [0, 0.05) is 16.2 Å². The van der Waals surface area contributed by atoms with Crippen molar-refractivity contribution in [3.63, 3.8) is 0 Å². The van der Waals surface area contributed by atoms with Gasteiger partial charge in [0.25, 0.3) is 0 Å². The highest BCUT2D eigenvalue weighted by Gasteiger charge is 2.32. The zero-order valence-electron chi connectivity index (χ0n) is 18.9. The van der Waals surface area contributed by atoms with Crippen LogP contribution in [-0.2, 0) is 9.36 Å². The van der Waals surface area contributed by atoms with Crippen LogP contribution in [0.5, 0.6) is 11.5 Å². The van der Waals surface area contributed by atoms with Crippen molar-refractivity contribution in [2.24, 2.45) is 0 Å². The molecule has 0 spiro atoms. The molecule has 34 heavy (non-hydrogen) atoms. The molecule has 0 aromatic heterocycles. The minimum Gasteiger partial charge on any atom is -0.457 e. The molecule has 0 aliphatic heterocycles. The molecule has 1 N–H and O–H groups in total. The summed E-state index contributed by atoms with van der Waals surface area (Å²) >= 11 is 0. The maximum Gasteiger partial charge on any atom is 0.205 e. The third-order valence-corrected chi connectivity index (χ3v) is 8.19. The number of ether oxygens (including phenoxy) is 1. The number of nitrogens with one attached hydrogen (secondary N) is 1. The Morgan fingerprint density at radius 2 is 1.26 bits per heavy atom. The average Bonchev–Trinajstić information content (AvgIpc) is 2.88. The van der Waals surface area contributed by atoms with Gasteiger partial charge >= 0.3 is 0 Å². The van der Waals surface area contributed by atoms with Crippen molar-refractivity contribution in [1.82, 2.24) is 5.09 Å². The molecule has 0 aliphatic rings. The number of hydrogen-bond acceptors (Lipinski definition) is 3. The van der Waals surface area contributed by atoms with Gasteiger partial charge in [-0.1, -0.05) is 73.3 Å². The lowest BCUT2D eigenvalue weighted by atomic mass is 9.98. The Balaban J connectivity index is 1.77. The minimum atomic E-state index is -3.32. The molecule has 0 aliphatic carbocycles. The van der Waals surface area contributed by atoms with Crippen LogP contribution in [0.15, 0.2) is 127 Å². The van der Waals surface area contributed by atoms with Gasteiger partial charge in [0.2, 0.25) is 7.29 Å². The molecule has 4 nitrogen and oxygen atoms in total. The van der Waals surface area contributed by atoms with Gasteiger partial charge in [-0.25, -0.2) is 5.09 Å². The van der Waals surface area contributed by atoms with Crippen molar-refractivity contribution >= 4 is 23.7 Å². The number of Topliss-reactive ketones (excluding diaryl/α,β-unsaturated/α-hetero) is 1. The van der Waals surface area contributed by atoms with Crippen molar-refractivity contribution in [3.05, 3.63) is 133 Å². The van der Waals surface area contributed by atoms with Crippen molar-refractivity contribution in [2.75, 3.05) is 0 Å². The maximum absolute atomic E-state index is 14.6. The summed E-state index contributed by atoms with van der Waals surface area (Å²) in [6.45, 7) is 5.51. The second-order valence-electron chi connectivity index (χ2n) is 7.91. The molecule has 4 rings (SSSR count). The van der Waals surface area contributed by atoms with Crippen LogP contribution in [0.3, 0.4) is 0 Å². The Kier molecular flexibility index (Phi) is 7.22. The lowest BCUT2D eigenvalue weighted by Crippen LogP contribution is -2.32. The number of carbonyl (C=O) groups excluding carboxylic acids is 1. The Bertz CT molecular complexity index is 1280. The van der Waals surface area contributed by atoms with E-state index in [4.69, 9.17) is 4.74 Å². The quantitative estimate of drug-likeness (QED) is 0.236. The summed E-state index contributed by atoms with van der Waals surface area (Å²) in [7, 11) is -3.32. The summed E-state index contributed by atoms with van der Waals surface area (Å²) in [5.74, 6) is 1.13. The first-order chi connectivity index (χ1) is 16.5. The van der Waals surface area contributed by atoms with E-state index in [1.54, 1.807) is 0 Å². The molecule has 0 saturated heterocycles. The molecular weight excluding hydrogens is 441 g/mol. The van der Waals surface area contributed by atoms with Gasteiger partial charge in [0.1, 0.15) is 11.5 Å². The second kappa shape index (κ2) is 10.5. The Morgan fingerprint density at radius 3 is 1.79 bits per heavy atom. The molecule has 1 atom stereocenters. The van der Waals surface area contributed by atoms with E-state index in [0.717, 1.165) is 5.56 Å². The molecule has 0 fully saturated rings. The fraction of sp³-hybridized carbons (Fsp3) is 0.0690. The van der Waals surface area contributed by atoms with Gasteiger partial charge < -0.3 is 4.74 Å². The predicted octanol–water partition coefficient (Wildman–Crippen LogP) is 6.18. The Hall–Kier alpha value is -3.72. The van der Waals surface area contributed by atoms with Crippen molar-refractivity contribution in [1.29, 1.82) is 0 Å². The first-order valence-electron chi connectivity index (χ1n) is 11.0. The van der Waals surface area contributed by atoms with Gasteiger partial charge in [-0.3, -0.25) is 9.36 Å². The Morgan fingerprint density at radius 1 is 0.765 bits per heavy atom. The molecule has 4 aromatic rings. The lowest BCUT2D eigenvalue weighted by molar-refractivity contribution is -0.113. The zero-order chi connectivity index (χ0) is 24.0. The summed E-state index contributed by atoms with van der Waals surface area (Å²) in [5.41, 5.74) is 1.06. The van der Waals surface area contributed by atoms with Crippen molar-refractivity contribution < 1.29 is 14.1 Å². The third kappa shape index (κ3) is 5.26. The van der Waals surface area contributed by atoms with Crippen molar-refractivity contribution in [3.8, 4) is 11.5 Å². The predicted molar refractivity (Wildman–Crippen MR) is 138 cm³/mol. The van der Waals surface area contributed by atoms with E-state index in [1.807, 2.05) is 115 Å². The number of carbonyl (C=O) groups is 1. The Labute approximate surface area is 200 Å². The third-order valence-electron chi connectivity index (χ3n) is 5.52. The molecule has 1 unspecified atom stereocenters. The zero-order valence-corrected chi connectivity index (χ0v) is 19.8. The van der Waals surface area contributed by atoms with Crippen LogP contribution in [0.2, 0.25) is 0 Å². The average molecular weight is 468 g/mol. The molecule has 170 valence electrons. The molecule has 5 heteroatoms. The lowest BCUT2D eigenvalue weighted by Gasteiger charge is -2.28. The first-order valence-corrected chi connectivity index (χ1v) is 12.7. The van der Waals surface area contributed by atoms with E-state index in [1.165, 1.54) is 6.92 Å². The van der Waals surface area contributed by atoms with Gasteiger partial charge in [0.15, 0.2) is 5.78 Å². The van der Waals surface area contributed by atoms with Crippen molar-refractivity contribution in [2.45, 2.75) is 13.0 Å². The largest absolute Gasteiger partial charge is 0.457 e. The number of benzene rings is 4. The number of para-hydroxylation sites is 1. The molecule has 0 amide bonds. The number of ketones is 1. The van der Waals surface area contributed by atoms with E-state index >= 15 is 0 Å². The summed E-state index contributed by atoms with van der Waals surface area (Å²) < 4.78 is 20.6. The van der Waals surface area contributed by atoms with E-state index in [9.17, 15) is 9.36 Å². The number of rotatable bonds is 9. The van der Waals surface area contributed by atoms with Crippen LogP contribution in [0.1, 0.15) is 18.5 Å². The molecule has 0 bridgehead atoms. The van der Waals surface area contributed by atoms with E-state index in [0.29, 0.717) is 27.7 Å². The van der Waals surface area contributed by atoms with E-state index < -0.39 is 13.3 Å². The van der Waals surface area contributed by atoms with Crippen LogP contribution < -0.4 is 20.4 Å². The number of hydrogen-bond donors (Lipinski definition) is 1. The molecule has 4 aromatic carbocycles. The van der Waals surface area contributed by atoms with Crippen LogP contribution in [0.25, 0.3) is 0 Å². The molecule has 0 saturated carbocycles. The molecule has 0 radical (unpaired) electrons. The normalized spacial score (nSPS) is 12.0. The van der Waals surface area contributed by atoms with Gasteiger partial charge in [-0.2, -0.15) is 0 Å². The maximum atomic E-state index is 14.6. The van der Waals surface area contributed by atoms with Crippen LogP contribution in [-0.4, -0.2) is 5.78 Å². The highest BCUT2D eigenvalue weighted by molar-refractivity contribution is 7.76. The summed E-state index contributed by atoms with van der Waals surface area (Å²) in [5, 5.41) is 4.64. The van der Waals surface area contributed by atoms with E-state index in [-0.39, 0.29) is 5.78 Å². The monoisotopic (exact) mass is 467 g/mol. The fourth-order valence-electron chi connectivity index (χ4n) is 3.69. The smallest absolute Gasteiger partial charge is 0.205 e. The summed E-state index contributed by atoms with van der Waals surface area (Å²) in [6, 6.07) is 34.8. The highest BCUT2D eigenvalue weighted by atomic mass is 31.2. The molecular formula is C29H26NO3P. The molecule has 0 heterocycles.